The minimum atomic E-state index is -0.787. The molecular weight excluding hydrogens is 947 g/mol. The third-order valence-electron chi connectivity index (χ3n) is 14.4. The number of ether oxygens (including phenoxy) is 3. The number of fused-ring (bicyclic) bond motifs is 12. The molecule has 3 aliphatic heterocycles. The Balaban J connectivity index is 0.000000134. The van der Waals surface area contributed by atoms with E-state index in [2.05, 4.69) is 22.6 Å². The number of aromatic amines is 2. The fraction of sp³-hybridized carbons (Fsp3) is 0.274. The maximum absolute atomic E-state index is 13.0. The van der Waals surface area contributed by atoms with E-state index in [0.717, 1.165) is 104 Å². The quantitative estimate of drug-likeness (QED) is 0.105. The van der Waals surface area contributed by atoms with E-state index in [1.807, 2.05) is 110 Å². The number of quaternary nitrogens is 1. The molecule has 75 heavy (non-hydrogen) atoms. The van der Waals surface area contributed by atoms with Crippen molar-refractivity contribution in [1.82, 2.24) is 9.97 Å². The lowest BCUT2D eigenvalue weighted by Crippen LogP contribution is -2.40. The monoisotopic (exact) mass is 1010 g/mol. The summed E-state index contributed by atoms with van der Waals surface area (Å²) in [5.74, 6) is 2.07. The summed E-state index contributed by atoms with van der Waals surface area (Å²) in [4.78, 5) is 65.4. The Morgan fingerprint density at radius 1 is 0.613 bits per heavy atom. The van der Waals surface area contributed by atoms with Gasteiger partial charge in [0.25, 0.3) is 0 Å². The molecular formula is C62H64N3O10+. The van der Waals surface area contributed by atoms with Crippen molar-refractivity contribution in [3.63, 3.8) is 0 Å². The van der Waals surface area contributed by atoms with Crippen molar-refractivity contribution in [2.45, 2.75) is 111 Å². The minimum Gasteiger partial charge on any atom is -0.488 e. The second-order valence-electron chi connectivity index (χ2n) is 19.6. The highest BCUT2D eigenvalue weighted by Crippen LogP contribution is 2.41. The number of hydrogen-bond acceptors (Lipinski definition) is 10. The van der Waals surface area contributed by atoms with E-state index in [1.54, 1.807) is 12.1 Å². The molecule has 6 aromatic carbocycles. The first-order valence-electron chi connectivity index (χ1n) is 25.6. The molecule has 13 rings (SSSR count). The minimum absolute atomic E-state index is 0. The molecule has 7 N–H and O–H groups in total. The normalized spacial score (nSPS) is 16.2. The van der Waals surface area contributed by atoms with Crippen LogP contribution in [0.5, 0.6) is 17.2 Å². The van der Waals surface area contributed by atoms with Crippen molar-refractivity contribution in [2.24, 2.45) is 0 Å². The molecule has 2 unspecified atom stereocenters. The number of nitrogens with one attached hydrogen (secondary N) is 2. The molecule has 5 aliphatic rings. The molecule has 2 aromatic heterocycles. The molecule has 1 fully saturated rings. The van der Waals surface area contributed by atoms with Gasteiger partial charge in [-0.15, -0.1) is 0 Å². The molecule has 2 atom stereocenters. The summed E-state index contributed by atoms with van der Waals surface area (Å²) in [5.41, 5.74) is 18.7. The van der Waals surface area contributed by atoms with Crippen LogP contribution in [-0.4, -0.2) is 61.3 Å². The van der Waals surface area contributed by atoms with Crippen LogP contribution in [0.25, 0.3) is 21.8 Å². The lowest BCUT2D eigenvalue weighted by Gasteiger charge is -2.13. The average molecular weight is 1010 g/mol. The summed E-state index contributed by atoms with van der Waals surface area (Å²) >= 11 is 0. The van der Waals surface area contributed by atoms with E-state index in [9.17, 15) is 24.0 Å². The van der Waals surface area contributed by atoms with Crippen LogP contribution in [0, 0.1) is 13.8 Å². The number of rotatable bonds is 1. The highest BCUT2D eigenvalue weighted by Gasteiger charge is 2.29. The molecule has 2 aliphatic carbocycles. The summed E-state index contributed by atoms with van der Waals surface area (Å²) in [6.45, 7) is 8.20. The predicted octanol–water partition coefficient (Wildman–Crippen LogP) is 10.5. The van der Waals surface area contributed by atoms with Crippen molar-refractivity contribution in [2.75, 3.05) is 0 Å². The summed E-state index contributed by atoms with van der Waals surface area (Å²) in [6, 6.07) is 36.1. The number of benzene rings is 6. The Morgan fingerprint density at radius 2 is 1.09 bits per heavy atom. The number of carbonyl (C=O) groups excluding carboxylic acids is 5. The van der Waals surface area contributed by atoms with Crippen molar-refractivity contribution >= 4 is 56.4 Å². The van der Waals surface area contributed by atoms with E-state index in [4.69, 9.17) is 24.4 Å². The van der Waals surface area contributed by atoms with Gasteiger partial charge < -0.3 is 40.1 Å². The van der Waals surface area contributed by atoms with Gasteiger partial charge in [-0.05, 0) is 120 Å². The van der Waals surface area contributed by atoms with Gasteiger partial charge in [0.1, 0.15) is 55.0 Å². The van der Waals surface area contributed by atoms with E-state index in [0.29, 0.717) is 60.9 Å². The van der Waals surface area contributed by atoms with Gasteiger partial charge in [-0.25, -0.2) is 0 Å². The average Bonchev–Trinajstić information content (AvgIpc) is 3.79. The molecule has 0 bridgehead atoms. The highest BCUT2D eigenvalue weighted by atomic mass is 16.5. The van der Waals surface area contributed by atoms with E-state index in [1.165, 1.54) is 37.9 Å². The maximum atomic E-state index is 13.0. The zero-order valence-corrected chi connectivity index (χ0v) is 42.8. The highest BCUT2D eigenvalue weighted by molar-refractivity contribution is 6.16. The first-order valence-corrected chi connectivity index (χ1v) is 25.6. The van der Waals surface area contributed by atoms with Crippen LogP contribution < -0.4 is 19.9 Å². The van der Waals surface area contributed by atoms with Crippen LogP contribution in [0.1, 0.15) is 141 Å². The molecule has 0 radical (unpaired) electrons. The Labute approximate surface area is 436 Å². The number of Topliss-reactive ketones (excluding diaryl/α,β-unsaturated/α-hetero) is 2. The zero-order chi connectivity index (χ0) is 52.9. The lowest BCUT2D eigenvalue weighted by atomic mass is 9.93. The van der Waals surface area contributed by atoms with Crippen LogP contribution >= 0.6 is 0 Å². The smallest absolute Gasteiger partial charge is 0.197 e. The zero-order valence-electron chi connectivity index (χ0n) is 42.8. The van der Waals surface area contributed by atoms with Gasteiger partial charge in [0, 0.05) is 80.5 Å². The van der Waals surface area contributed by atoms with E-state index in [-0.39, 0.29) is 30.3 Å². The largest absolute Gasteiger partial charge is 0.488 e. The molecule has 5 heterocycles. The van der Waals surface area contributed by atoms with E-state index >= 15 is 0 Å². The van der Waals surface area contributed by atoms with Crippen LogP contribution in [-0.2, 0) is 42.3 Å². The second-order valence-corrected chi connectivity index (χ2v) is 19.6. The van der Waals surface area contributed by atoms with Crippen LogP contribution in [0.4, 0.5) is 5.69 Å². The van der Waals surface area contributed by atoms with Gasteiger partial charge >= 0.3 is 0 Å². The Morgan fingerprint density at radius 3 is 1.63 bits per heavy atom. The predicted molar refractivity (Wildman–Crippen MR) is 288 cm³/mol. The van der Waals surface area contributed by atoms with Gasteiger partial charge in [-0.3, -0.25) is 24.0 Å². The number of aromatic nitrogens is 2. The molecule has 0 amide bonds. The standard InChI is InChI=1S/C20H17NO2.C18H15NO2.C14H11NO2.C6H10O2.C4H8O2.H2/c22-19-13-6-2-1-5-12(13)11-23-20-15(19)9-10-17-18(20)14-7-3-4-8-16(14)21-17;1-10-11(2)19-15-8-7-14-17(20)13-6-4-3-5-12(13)9-21-18(14)16(10)15;15-10-5-6-12-13(7-10)17-8-9-3-1-2-4-11(9)14(12)16;7-5-3-1-2-4-6(5)8;1-3(5)4(2)6;/h1-2,5-6,9-10,21H,3-4,7-8,11H2;3-8,19H,9H2,1-2H3;1-7H,8,15H2;5,7H,1-4H2;3,5H,1-2H3;1H/p+1/i;;;;;1+1. The number of H-pyrrole nitrogens is 2. The molecule has 13 heteroatoms. The molecule has 13 nitrogen and oxygen atoms in total. The first-order chi connectivity index (χ1) is 36.2. The molecule has 8 aromatic rings. The number of ketones is 5. The van der Waals surface area contributed by atoms with Gasteiger partial charge in [0.15, 0.2) is 28.9 Å². The van der Waals surface area contributed by atoms with Gasteiger partial charge in [-0.2, -0.15) is 0 Å². The SMILES string of the molecule is CC(=O)C(C)O.Cc1[nH]c2ccc3c(c2c1C)OCc1ccccc1C3=O.O=C1CCCCC1O.O=C1c2ccccc2COc2c1ccc1[nH]c3c(c21)CCCC3.[2HH].[NH3+]c1ccc2c(c1)OCc1ccccc1C2=O. The van der Waals surface area contributed by atoms with Crippen LogP contribution in [0.3, 0.4) is 0 Å². The van der Waals surface area contributed by atoms with Gasteiger partial charge in [0.2, 0.25) is 0 Å². The number of aliphatic hydroxyl groups is 2. The molecule has 0 spiro atoms. The fourth-order valence-corrected chi connectivity index (χ4v) is 10.00. The summed E-state index contributed by atoms with van der Waals surface area (Å²) < 4.78 is 17.8. The number of carbonyl (C=O) groups is 5. The van der Waals surface area contributed by atoms with Crippen molar-refractivity contribution < 1.29 is 55.6 Å². The Bertz CT molecular complexity index is 3520. The summed E-state index contributed by atoms with van der Waals surface area (Å²) in [5, 5.41) is 19.3. The first kappa shape index (κ1) is 51.9. The number of aliphatic hydroxyl groups excluding tert-OH is 2. The van der Waals surface area contributed by atoms with Crippen molar-refractivity contribution in [3.8, 4) is 17.2 Å². The van der Waals surface area contributed by atoms with Crippen molar-refractivity contribution in [3.05, 3.63) is 188 Å². The third-order valence-corrected chi connectivity index (χ3v) is 14.4. The molecule has 0 saturated heterocycles. The number of aryl methyl sites for hydroxylation is 4. The Kier molecular flexibility index (Phi) is 15.7. The summed E-state index contributed by atoms with van der Waals surface area (Å²) in [6.07, 6.45) is 6.41. The molecule has 1 saturated carbocycles. The van der Waals surface area contributed by atoms with Crippen molar-refractivity contribution in [1.29, 1.82) is 0 Å². The number of hydrogen-bond donors (Lipinski definition) is 5. The fourth-order valence-electron chi connectivity index (χ4n) is 10.00. The van der Waals surface area contributed by atoms with Gasteiger partial charge in [-0.1, -0.05) is 72.8 Å². The van der Waals surface area contributed by atoms with Gasteiger partial charge in [0.05, 0.1) is 16.7 Å². The Hall–Kier alpha value is -7.97. The second kappa shape index (κ2) is 22.7. The maximum Gasteiger partial charge on any atom is 0.197 e. The van der Waals surface area contributed by atoms with Crippen LogP contribution in [0.15, 0.2) is 115 Å². The van der Waals surface area contributed by atoms with E-state index < -0.39 is 12.2 Å². The summed E-state index contributed by atoms with van der Waals surface area (Å²) in [7, 11) is 0. The topological polar surface area (TPSA) is 213 Å². The lowest BCUT2D eigenvalue weighted by molar-refractivity contribution is -0.254. The van der Waals surface area contributed by atoms with Crippen LogP contribution in [0.2, 0.25) is 0 Å². The molecule has 386 valence electrons. The third kappa shape index (κ3) is 11.0.